The summed E-state index contributed by atoms with van der Waals surface area (Å²) in [5.41, 5.74) is 0.618. The Morgan fingerprint density at radius 2 is 1.96 bits per heavy atom. The van der Waals surface area contributed by atoms with Gasteiger partial charge in [0.1, 0.15) is 11.6 Å². The van der Waals surface area contributed by atoms with E-state index in [4.69, 9.17) is 4.42 Å². The first-order valence-electron chi connectivity index (χ1n) is 6.73. The number of anilines is 1. The molecule has 0 aliphatic heterocycles. The monoisotopic (exact) mass is 348 g/mol. The van der Waals surface area contributed by atoms with Gasteiger partial charge in [0.15, 0.2) is 0 Å². The van der Waals surface area contributed by atoms with Crippen molar-refractivity contribution in [3.63, 3.8) is 0 Å². The fraction of sp³-hybridized carbons (Fsp3) is 0.0667. The predicted octanol–water partition coefficient (Wildman–Crippen LogP) is 3.14. The first-order chi connectivity index (χ1) is 11.6. The Labute approximate surface area is 139 Å². The van der Waals surface area contributed by atoms with Crippen LogP contribution in [0.1, 0.15) is 0 Å². The van der Waals surface area contributed by atoms with Crippen LogP contribution in [-0.2, 0) is 4.79 Å². The van der Waals surface area contributed by atoms with Crippen molar-refractivity contribution < 1.29 is 18.0 Å². The maximum atomic E-state index is 13.5. The van der Waals surface area contributed by atoms with Crippen molar-refractivity contribution in [3.8, 4) is 11.5 Å². The molecule has 122 valence electrons. The molecule has 3 rings (SSSR count). The average molecular weight is 348 g/mol. The second kappa shape index (κ2) is 7.18. The number of carbonyl (C=O) groups excluding carboxylic acids is 1. The third kappa shape index (κ3) is 3.93. The van der Waals surface area contributed by atoms with Gasteiger partial charge in [-0.05, 0) is 24.3 Å². The molecule has 0 saturated heterocycles. The van der Waals surface area contributed by atoms with Gasteiger partial charge in [-0.3, -0.25) is 9.78 Å². The van der Waals surface area contributed by atoms with Gasteiger partial charge in [0, 0.05) is 24.0 Å². The summed E-state index contributed by atoms with van der Waals surface area (Å²) < 4.78 is 31.7. The molecule has 1 N–H and O–H groups in total. The Balaban J connectivity index is 1.58. The summed E-state index contributed by atoms with van der Waals surface area (Å²) in [6.45, 7) is 0. The minimum absolute atomic E-state index is 0.0607. The van der Waals surface area contributed by atoms with Crippen molar-refractivity contribution in [2.75, 3.05) is 11.1 Å². The first kappa shape index (κ1) is 16.1. The predicted molar refractivity (Wildman–Crippen MR) is 83.2 cm³/mol. The van der Waals surface area contributed by atoms with Crippen molar-refractivity contribution in [2.45, 2.75) is 5.22 Å². The largest absolute Gasteiger partial charge is 0.411 e. The normalized spacial score (nSPS) is 10.6. The molecular weight excluding hydrogens is 338 g/mol. The fourth-order valence-corrected chi connectivity index (χ4v) is 2.35. The van der Waals surface area contributed by atoms with Crippen LogP contribution in [0.5, 0.6) is 0 Å². The molecule has 9 heteroatoms. The lowest BCUT2D eigenvalue weighted by Gasteiger charge is -2.05. The lowest BCUT2D eigenvalue weighted by molar-refractivity contribution is -0.113. The highest BCUT2D eigenvalue weighted by molar-refractivity contribution is 7.99. The van der Waals surface area contributed by atoms with Crippen LogP contribution in [0.25, 0.3) is 11.5 Å². The van der Waals surface area contributed by atoms with Crippen LogP contribution in [-0.4, -0.2) is 26.8 Å². The molecular formula is C15H10F2N4O2S. The summed E-state index contributed by atoms with van der Waals surface area (Å²) >= 11 is 1.01. The number of hydrogen-bond donors (Lipinski definition) is 1. The molecule has 2 heterocycles. The van der Waals surface area contributed by atoms with E-state index in [0.717, 1.165) is 23.9 Å². The Bertz CT molecular complexity index is 858. The Morgan fingerprint density at radius 1 is 1.17 bits per heavy atom. The third-order valence-electron chi connectivity index (χ3n) is 2.87. The minimum Gasteiger partial charge on any atom is -0.411 e. The number of hydrogen-bond acceptors (Lipinski definition) is 6. The van der Waals surface area contributed by atoms with Crippen LogP contribution in [0, 0.1) is 11.6 Å². The maximum absolute atomic E-state index is 13.5. The molecule has 0 unspecified atom stereocenters. The van der Waals surface area contributed by atoms with Crippen LogP contribution < -0.4 is 5.32 Å². The highest BCUT2D eigenvalue weighted by Crippen LogP contribution is 2.23. The number of pyridine rings is 1. The van der Waals surface area contributed by atoms with Gasteiger partial charge in [0.25, 0.3) is 5.22 Å². The van der Waals surface area contributed by atoms with E-state index in [0.29, 0.717) is 17.5 Å². The minimum atomic E-state index is -0.842. The number of benzene rings is 1. The van der Waals surface area contributed by atoms with Crippen molar-refractivity contribution in [2.24, 2.45) is 0 Å². The van der Waals surface area contributed by atoms with Crippen molar-refractivity contribution >= 4 is 23.4 Å². The van der Waals surface area contributed by atoms with Gasteiger partial charge < -0.3 is 9.73 Å². The SMILES string of the molecule is O=C(CSc1nnc(-c2ccncc2)o1)Nc1ccc(F)cc1F. The number of halogens is 2. The van der Waals surface area contributed by atoms with E-state index in [2.05, 4.69) is 20.5 Å². The van der Waals surface area contributed by atoms with E-state index in [1.54, 1.807) is 24.5 Å². The average Bonchev–Trinajstić information content (AvgIpc) is 3.05. The van der Waals surface area contributed by atoms with Gasteiger partial charge in [-0.15, -0.1) is 10.2 Å². The van der Waals surface area contributed by atoms with E-state index < -0.39 is 17.5 Å². The number of thioether (sulfide) groups is 1. The zero-order chi connectivity index (χ0) is 16.9. The van der Waals surface area contributed by atoms with Gasteiger partial charge in [0.05, 0.1) is 11.4 Å². The summed E-state index contributed by atoms with van der Waals surface area (Å²) in [5.74, 6) is -1.78. The summed E-state index contributed by atoms with van der Waals surface area (Å²) in [4.78, 5) is 15.7. The summed E-state index contributed by atoms with van der Waals surface area (Å²) in [5, 5.41) is 10.2. The molecule has 0 fully saturated rings. The smallest absolute Gasteiger partial charge is 0.277 e. The number of aromatic nitrogens is 3. The number of amides is 1. The Morgan fingerprint density at radius 3 is 2.71 bits per heavy atom. The molecule has 0 aliphatic rings. The second-order valence-electron chi connectivity index (χ2n) is 4.57. The van der Waals surface area contributed by atoms with Crippen LogP contribution in [0.2, 0.25) is 0 Å². The van der Waals surface area contributed by atoms with Crippen LogP contribution >= 0.6 is 11.8 Å². The highest BCUT2D eigenvalue weighted by atomic mass is 32.2. The van der Waals surface area contributed by atoms with E-state index in [9.17, 15) is 13.6 Å². The van der Waals surface area contributed by atoms with Crippen molar-refractivity contribution in [1.82, 2.24) is 15.2 Å². The number of carbonyl (C=O) groups is 1. The maximum Gasteiger partial charge on any atom is 0.277 e. The third-order valence-corrected chi connectivity index (χ3v) is 3.68. The summed E-state index contributed by atoms with van der Waals surface area (Å²) in [7, 11) is 0. The Kier molecular flexibility index (Phi) is 4.80. The lowest BCUT2D eigenvalue weighted by atomic mass is 10.3. The van der Waals surface area contributed by atoms with E-state index in [-0.39, 0.29) is 16.7 Å². The highest BCUT2D eigenvalue weighted by Gasteiger charge is 2.12. The van der Waals surface area contributed by atoms with Crippen molar-refractivity contribution in [1.29, 1.82) is 0 Å². The fourth-order valence-electron chi connectivity index (χ4n) is 1.78. The zero-order valence-electron chi connectivity index (χ0n) is 12.1. The molecule has 0 spiro atoms. The molecule has 24 heavy (non-hydrogen) atoms. The summed E-state index contributed by atoms with van der Waals surface area (Å²) in [6.07, 6.45) is 3.19. The van der Waals surface area contributed by atoms with Crippen molar-refractivity contribution in [3.05, 3.63) is 54.4 Å². The first-order valence-corrected chi connectivity index (χ1v) is 7.72. The molecule has 0 saturated carbocycles. The molecule has 0 atom stereocenters. The number of nitrogens with zero attached hydrogens (tertiary/aromatic N) is 3. The molecule has 2 aromatic heterocycles. The topological polar surface area (TPSA) is 80.9 Å². The van der Waals surface area contributed by atoms with Gasteiger partial charge in [-0.2, -0.15) is 0 Å². The van der Waals surface area contributed by atoms with E-state index in [1.165, 1.54) is 0 Å². The zero-order valence-corrected chi connectivity index (χ0v) is 12.9. The second-order valence-corrected chi connectivity index (χ2v) is 5.50. The molecule has 0 aliphatic carbocycles. The standard InChI is InChI=1S/C15H10F2N4O2S/c16-10-1-2-12(11(17)7-10)19-13(22)8-24-15-21-20-14(23-15)9-3-5-18-6-4-9/h1-7H,8H2,(H,19,22). The van der Waals surface area contributed by atoms with Crippen LogP contribution in [0.3, 0.4) is 0 Å². The molecule has 6 nitrogen and oxygen atoms in total. The molecule has 0 bridgehead atoms. The Hall–Kier alpha value is -2.81. The van der Waals surface area contributed by atoms with Crippen LogP contribution in [0.4, 0.5) is 14.5 Å². The quantitative estimate of drug-likeness (QED) is 0.714. The number of rotatable bonds is 5. The number of nitrogens with one attached hydrogen (secondary N) is 1. The molecule has 1 amide bonds. The summed E-state index contributed by atoms with van der Waals surface area (Å²) in [6, 6.07) is 6.34. The molecule has 1 aromatic carbocycles. The van der Waals surface area contributed by atoms with E-state index in [1.807, 2.05) is 0 Å². The van der Waals surface area contributed by atoms with Gasteiger partial charge in [-0.1, -0.05) is 11.8 Å². The van der Waals surface area contributed by atoms with Gasteiger partial charge in [0.2, 0.25) is 11.8 Å². The van der Waals surface area contributed by atoms with Gasteiger partial charge >= 0.3 is 0 Å². The van der Waals surface area contributed by atoms with Gasteiger partial charge in [-0.25, -0.2) is 8.78 Å². The van der Waals surface area contributed by atoms with Crippen LogP contribution in [0.15, 0.2) is 52.4 Å². The molecule has 0 radical (unpaired) electrons. The lowest BCUT2D eigenvalue weighted by Crippen LogP contribution is -2.15. The van der Waals surface area contributed by atoms with E-state index >= 15 is 0 Å². The molecule has 3 aromatic rings.